The van der Waals surface area contributed by atoms with Gasteiger partial charge in [-0.3, -0.25) is 14.4 Å². The monoisotopic (exact) mass is 543 g/mol. The normalized spacial score (nSPS) is 34.2. The zero-order chi connectivity index (χ0) is 28.1. The summed E-state index contributed by atoms with van der Waals surface area (Å²) < 4.78 is 0. The van der Waals surface area contributed by atoms with Crippen LogP contribution in [0.1, 0.15) is 66.3 Å². The van der Waals surface area contributed by atoms with Crippen LogP contribution in [0.15, 0.2) is 77.9 Å². The molecule has 1 saturated heterocycles. The maximum atomic E-state index is 14.4. The molecule has 3 aromatic carbocycles. The Kier molecular flexibility index (Phi) is 5.11. The van der Waals surface area contributed by atoms with E-state index in [1.54, 1.807) is 6.21 Å². The Morgan fingerprint density at radius 1 is 0.927 bits per heavy atom. The lowest BCUT2D eigenvalue weighted by molar-refractivity contribution is -0.124. The van der Waals surface area contributed by atoms with Crippen LogP contribution in [0.5, 0.6) is 0 Å². The molecule has 0 radical (unpaired) electrons. The summed E-state index contributed by atoms with van der Waals surface area (Å²) in [6, 6.07) is 23.8. The molecule has 6 nitrogen and oxygen atoms in total. The Labute approximate surface area is 239 Å². The minimum absolute atomic E-state index is 0.0132. The summed E-state index contributed by atoms with van der Waals surface area (Å²) in [6.45, 7) is 4.22. The fourth-order valence-electron chi connectivity index (χ4n) is 9.12. The quantitative estimate of drug-likeness (QED) is 0.269. The van der Waals surface area contributed by atoms with E-state index in [9.17, 15) is 14.4 Å². The first kappa shape index (κ1) is 24.7. The largest absolute Gasteiger partial charge is 0.274 e. The van der Waals surface area contributed by atoms with E-state index < -0.39 is 17.3 Å². The molecule has 6 heteroatoms. The predicted octanol–water partition coefficient (Wildman–Crippen LogP) is 5.47. The van der Waals surface area contributed by atoms with Crippen LogP contribution in [0.25, 0.3) is 0 Å². The number of anilines is 1. The van der Waals surface area contributed by atoms with Crippen LogP contribution in [0, 0.1) is 36.0 Å². The molecule has 5 atom stereocenters. The maximum Gasteiger partial charge on any atom is 0.244 e. The van der Waals surface area contributed by atoms with Gasteiger partial charge in [0.05, 0.1) is 22.9 Å². The molecule has 0 spiro atoms. The van der Waals surface area contributed by atoms with Crippen molar-refractivity contribution in [1.82, 2.24) is 5.43 Å². The first-order chi connectivity index (χ1) is 19.9. The number of carbonyl (C=O) groups excluding carboxylic acids is 3. The summed E-state index contributed by atoms with van der Waals surface area (Å²) in [5, 5.41) is 4.63. The third-order valence-corrected chi connectivity index (χ3v) is 11.0. The minimum atomic E-state index is -0.980. The fraction of sp³-hybridized carbons (Fsp3) is 0.371. The summed E-state index contributed by atoms with van der Waals surface area (Å²) in [5.41, 5.74) is 7.72. The average Bonchev–Trinajstić information content (AvgIpc) is 3.54. The number of hydrogen-bond acceptors (Lipinski definition) is 4. The average molecular weight is 544 g/mol. The number of carbonyl (C=O) groups is 3. The summed E-state index contributed by atoms with van der Waals surface area (Å²) >= 11 is 0. The van der Waals surface area contributed by atoms with E-state index in [4.69, 9.17) is 0 Å². The third kappa shape index (κ3) is 3.13. The van der Waals surface area contributed by atoms with Gasteiger partial charge < -0.3 is 0 Å². The predicted molar refractivity (Wildman–Crippen MR) is 156 cm³/mol. The number of nitrogens with one attached hydrogen (secondary N) is 1. The van der Waals surface area contributed by atoms with Crippen LogP contribution in [0.3, 0.4) is 0 Å². The zero-order valence-corrected chi connectivity index (χ0v) is 23.3. The van der Waals surface area contributed by atoms with Crippen molar-refractivity contribution in [3.05, 3.63) is 101 Å². The lowest BCUT2D eigenvalue weighted by Gasteiger charge is -2.52. The first-order valence-electron chi connectivity index (χ1n) is 14.9. The first-order valence-corrected chi connectivity index (χ1v) is 14.9. The highest BCUT2D eigenvalue weighted by Crippen LogP contribution is 2.66. The highest BCUT2D eigenvalue weighted by atomic mass is 16.2. The molecule has 6 aliphatic rings. The van der Waals surface area contributed by atoms with Crippen LogP contribution >= 0.6 is 0 Å². The van der Waals surface area contributed by atoms with E-state index in [-0.39, 0.29) is 35.0 Å². The number of benzene rings is 3. The van der Waals surface area contributed by atoms with Crippen LogP contribution in [0.2, 0.25) is 0 Å². The van der Waals surface area contributed by atoms with Gasteiger partial charge in [-0.25, -0.2) is 10.3 Å². The van der Waals surface area contributed by atoms with E-state index in [0.717, 1.165) is 40.7 Å². The molecule has 0 aromatic heterocycles. The second kappa shape index (κ2) is 8.48. The van der Waals surface area contributed by atoms with Gasteiger partial charge in [0, 0.05) is 18.1 Å². The van der Waals surface area contributed by atoms with Crippen molar-refractivity contribution in [1.29, 1.82) is 0 Å². The van der Waals surface area contributed by atoms with Crippen molar-refractivity contribution in [3.63, 3.8) is 0 Å². The van der Waals surface area contributed by atoms with Crippen LogP contribution in [-0.2, 0) is 19.8 Å². The van der Waals surface area contributed by atoms with Gasteiger partial charge in [0.15, 0.2) is 0 Å². The number of amides is 3. The molecule has 5 aliphatic carbocycles. The summed E-state index contributed by atoms with van der Waals surface area (Å²) in [6.07, 6.45) is 6.31. The second-order valence-electron chi connectivity index (χ2n) is 12.9. The van der Waals surface area contributed by atoms with Crippen LogP contribution in [0.4, 0.5) is 5.69 Å². The molecule has 2 bridgehead atoms. The van der Waals surface area contributed by atoms with Crippen molar-refractivity contribution in [2.24, 2.45) is 34.2 Å². The fourth-order valence-corrected chi connectivity index (χ4v) is 9.12. The van der Waals surface area contributed by atoms with Crippen molar-refractivity contribution in [2.45, 2.75) is 50.9 Å². The molecule has 5 unspecified atom stereocenters. The molecule has 3 fully saturated rings. The van der Waals surface area contributed by atoms with Crippen molar-refractivity contribution in [2.75, 3.05) is 4.90 Å². The van der Waals surface area contributed by atoms with E-state index in [1.807, 2.05) is 55.5 Å². The van der Waals surface area contributed by atoms with Gasteiger partial charge >= 0.3 is 0 Å². The summed E-state index contributed by atoms with van der Waals surface area (Å²) in [5.74, 6) is -1.44. The second-order valence-corrected chi connectivity index (χ2v) is 12.9. The number of fused-ring (bicyclic) bond motifs is 1. The molecule has 1 heterocycles. The van der Waals surface area contributed by atoms with Crippen LogP contribution < -0.4 is 10.3 Å². The SMILES string of the molecule is Cc1ccc(N2C(=O)C3C4c5ccccc5C(/C=N/NC(=O)C5C6CCCCC65C)(c5ccccc54)C3C2=O)cc1. The maximum absolute atomic E-state index is 14.4. The number of aryl methyl sites for hydroxylation is 1. The minimum Gasteiger partial charge on any atom is -0.274 e. The van der Waals surface area contributed by atoms with Gasteiger partial charge in [-0.05, 0) is 65.5 Å². The lowest BCUT2D eigenvalue weighted by Crippen LogP contribution is -2.54. The summed E-state index contributed by atoms with van der Waals surface area (Å²) in [4.78, 5) is 43.4. The molecular formula is C35H33N3O3. The molecular weight excluding hydrogens is 510 g/mol. The molecule has 3 aromatic rings. The Morgan fingerprint density at radius 2 is 1.59 bits per heavy atom. The molecule has 2 saturated carbocycles. The van der Waals surface area contributed by atoms with Gasteiger partial charge in [-0.15, -0.1) is 0 Å². The topological polar surface area (TPSA) is 78.8 Å². The number of hydrazone groups is 1. The number of imide groups is 1. The van der Waals surface area contributed by atoms with E-state index in [1.165, 1.54) is 17.7 Å². The standard InChI is InChI=1S/C35H33N3O3/c1-20-14-16-21(17-15-20)38-32(40)28-27-22-9-3-5-11-24(22)35(30(28)33(38)41,25-12-6-4-10-23(25)27)19-36-37-31(39)29-26-13-7-8-18-34(26,29)2/h3-6,9-12,14-17,19,26-30H,7-8,13,18H2,1-2H3,(H,37,39)/b36-19+. The van der Waals surface area contributed by atoms with Gasteiger partial charge in [-0.1, -0.05) is 86.0 Å². The number of rotatable bonds is 4. The van der Waals surface area contributed by atoms with E-state index >= 15 is 0 Å². The Balaban J connectivity index is 1.25. The van der Waals surface area contributed by atoms with Crippen molar-refractivity contribution < 1.29 is 14.4 Å². The Morgan fingerprint density at radius 3 is 2.22 bits per heavy atom. The number of hydrogen-bond donors (Lipinski definition) is 1. The highest BCUT2D eigenvalue weighted by Gasteiger charge is 2.68. The van der Waals surface area contributed by atoms with Gasteiger partial charge in [-0.2, -0.15) is 5.10 Å². The van der Waals surface area contributed by atoms with Gasteiger partial charge in [0.2, 0.25) is 17.7 Å². The van der Waals surface area contributed by atoms with Crippen molar-refractivity contribution in [3.8, 4) is 0 Å². The lowest BCUT2D eigenvalue weighted by atomic mass is 9.47. The molecule has 1 N–H and O–H groups in total. The van der Waals surface area contributed by atoms with E-state index in [0.29, 0.717) is 11.6 Å². The molecule has 1 aliphatic heterocycles. The Hall–Kier alpha value is -4.06. The Bertz CT molecular complexity index is 1610. The smallest absolute Gasteiger partial charge is 0.244 e. The third-order valence-electron chi connectivity index (χ3n) is 11.0. The van der Waals surface area contributed by atoms with Gasteiger partial charge in [0.1, 0.15) is 0 Å². The molecule has 3 amide bonds. The zero-order valence-electron chi connectivity index (χ0n) is 23.3. The highest BCUT2D eigenvalue weighted by molar-refractivity contribution is 6.25. The van der Waals surface area contributed by atoms with Crippen molar-refractivity contribution >= 4 is 29.6 Å². The molecule has 41 heavy (non-hydrogen) atoms. The van der Waals surface area contributed by atoms with Gasteiger partial charge in [0.25, 0.3) is 0 Å². The van der Waals surface area contributed by atoms with E-state index in [2.05, 4.69) is 41.7 Å². The number of nitrogens with zero attached hydrogens (tertiary/aromatic N) is 2. The summed E-state index contributed by atoms with van der Waals surface area (Å²) in [7, 11) is 0. The van der Waals surface area contributed by atoms with Crippen LogP contribution in [-0.4, -0.2) is 23.9 Å². The molecule has 206 valence electrons. The molecule has 9 rings (SSSR count).